The molecular formula is C15H16N2O. The van der Waals surface area contributed by atoms with E-state index in [0.29, 0.717) is 6.61 Å². The Morgan fingerprint density at radius 2 is 2.06 bits per heavy atom. The van der Waals surface area contributed by atoms with Crippen molar-refractivity contribution in [3.8, 4) is 11.8 Å². The summed E-state index contributed by atoms with van der Waals surface area (Å²) in [5.74, 6) is 0.777. The van der Waals surface area contributed by atoms with Gasteiger partial charge in [0.2, 0.25) is 0 Å². The van der Waals surface area contributed by atoms with E-state index in [1.54, 1.807) is 0 Å². The van der Waals surface area contributed by atoms with Gasteiger partial charge in [-0.15, -0.1) is 0 Å². The summed E-state index contributed by atoms with van der Waals surface area (Å²) in [5.41, 5.74) is 7.03. The van der Waals surface area contributed by atoms with Gasteiger partial charge in [0, 0.05) is 11.6 Å². The molecule has 0 spiro atoms. The van der Waals surface area contributed by atoms with Crippen LogP contribution < -0.4 is 10.5 Å². The zero-order valence-corrected chi connectivity index (χ0v) is 10.4. The molecule has 0 aromatic heterocycles. The first-order valence-electron chi connectivity index (χ1n) is 6.05. The van der Waals surface area contributed by atoms with E-state index < -0.39 is 0 Å². The van der Waals surface area contributed by atoms with Gasteiger partial charge in [-0.25, -0.2) is 0 Å². The maximum atomic E-state index is 8.82. The molecule has 0 aliphatic rings. The Morgan fingerprint density at radius 1 is 1.28 bits per heavy atom. The minimum Gasteiger partial charge on any atom is -0.494 e. The fourth-order valence-electron chi connectivity index (χ4n) is 2.14. The van der Waals surface area contributed by atoms with Crippen LogP contribution in [0.25, 0.3) is 10.8 Å². The molecule has 0 fully saturated rings. The van der Waals surface area contributed by atoms with Crippen LogP contribution in [0.1, 0.15) is 24.9 Å². The molecule has 0 amide bonds. The van der Waals surface area contributed by atoms with Crippen LogP contribution in [0.5, 0.6) is 5.75 Å². The molecule has 2 aromatic carbocycles. The third kappa shape index (κ3) is 2.29. The zero-order chi connectivity index (χ0) is 13.0. The molecular weight excluding hydrogens is 224 g/mol. The zero-order valence-electron chi connectivity index (χ0n) is 10.4. The molecule has 0 saturated carbocycles. The quantitative estimate of drug-likeness (QED) is 0.893. The molecule has 2 N–H and O–H groups in total. The number of rotatable bonds is 4. The normalized spacial score (nSPS) is 12.1. The second-order valence-corrected chi connectivity index (χ2v) is 4.10. The number of hydrogen-bond acceptors (Lipinski definition) is 3. The summed E-state index contributed by atoms with van der Waals surface area (Å²) < 4.78 is 5.62. The van der Waals surface area contributed by atoms with Crippen LogP contribution in [0.2, 0.25) is 0 Å². The van der Waals surface area contributed by atoms with E-state index in [0.717, 1.165) is 22.1 Å². The highest BCUT2D eigenvalue weighted by atomic mass is 16.5. The minimum absolute atomic E-state index is 0.286. The van der Waals surface area contributed by atoms with Crippen LogP contribution in [0.4, 0.5) is 0 Å². The molecule has 3 heteroatoms. The molecule has 92 valence electrons. The van der Waals surface area contributed by atoms with E-state index in [9.17, 15) is 0 Å². The van der Waals surface area contributed by atoms with Crippen molar-refractivity contribution >= 4 is 10.8 Å². The summed E-state index contributed by atoms with van der Waals surface area (Å²) >= 11 is 0. The van der Waals surface area contributed by atoms with Crippen LogP contribution in [0.3, 0.4) is 0 Å². The van der Waals surface area contributed by atoms with Gasteiger partial charge in [-0.2, -0.15) is 5.26 Å². The van der Waals surface area contributed by atoms with Crippen LogP contribution in [0, 0.1) is 11.3 Å². The van der Waals surface area contributed by atoms with Gasteiger partial charge in [0.25, 0.3) is 0 Å². The highest BCUT2D eigenvalue weighted by Crippen LogP contribution is 2.33. The maximum absolute atomic E-state index is 8.82. The number of nitrogens with two attached hydrogens (primary N) is 1. The molecule has 3 nitrogen and oxygen atoms in total. The van der Waals surface area contributed by atoms with E-state index in [1.165, 1.54) is 0 Å². The summed E-state index contributed by atoms with van der Waals surface area (Å²) in [6.07, 6.45) is 0.286. The van der Waals surface area contributed by atoms with Gasteiger partial charge in [-0.1, -0.05) is 30.3 Å². The molecule has 0 heterocycles. The second-order valence-electron chi connectivity index (χ2n) is 4.10. The second kappa shape index (κ2) is 5.52. The molecule has 0 aliphatic carbocycles. The smallest absolute Gasteiger partial charge is 0.124 e. The van der Waals surface area contributed by atoms with Gasteiger partial charge in [0.05, 0.1) is 19.1 Å². The van der Waals surface area contributed by atoms with Gasteiger partial charge in [-0.3, -0.25) is 0 Å². The Morgan fingerprint density at radius 3 is 2.78 bits per heavy atom. The van der Waals surface area contributed by atoms with Crippen LogP contribution in [-0.4, -0.2) is 6.61 Å². The number of nitriles is 1. The third-order valence-corrected chi connectivity index (χ3v) is 2.91. The van der Waals surface area contributed by atoms with E-state index in [-0.39, 0.29) is 12.5 Å². The first-order valence-corrected chi connectivity index (χ1v) is 6.05. The first kappa shape index (κ1) is 12.4. The Balaban J connectivity index is 2.62. The molecule has 18 heavy (non-hydrogen) atoms. The fraction of sp³-hybridized carbons (Fsp3) is 0.267. The molecule has 0 unspecified atom stereocenters. The fourth-order valence-corrected chi connectivity index (χ4v) is 2.14. The summed E-state index contributed by atoms with van der Waals surface area (Å²) in [6.45, 7) is 2.53. The Kier molecular flexibility index (Phi) is 3.81. The van der Waals surface area contributed by atoms with Crippen LogP contribution in [0.15, 0.2) is 36.4 Å². The van der Waals surface area contributed by atoms with Crippen molar-refractivity contribution in [3.63, 3.8) is 0 Å². The van der Waals surface area contributed by atoms with Crippen molar-refractivity contribution in [1.82, 2.24) is 0 Å². The number of ether oxygens (including phenoxy) is 1. The average Bonchev–Trinajstić information content (AvgIpc) is 2.39. The van der Waals surface area contributed by atoms with Gasteiger partial charge in [0.1, 0.15) is 5.75 Å². The SMILES string of the molecule is CCOc1ccc2ccccc2c1[C@H](N)CC#N. The predicted molar refractivity (Wildman–Crippen MR) is 72.3 cm³/mol. The number of nitrogens with zero attached hydrogens (tertiary/aromatic N) is 1. The molecule has 2 rings (SSSR count). The number of hydrogen-bond donors (Lipinski definition) is 1. The lowest BCUT2D eigenvalue weighted by molar-refractivity contribution is 0.335. The highest BCUT2D eigenvalue weighted by Gasteiger charge is 2.15. The topological polar surface area (TPSA) is 59.0 Å². The van der Waals surface area contributed by atoms with Gasteiger partial charge in [0.15, 0.2) is 0 Å². The molecule has 1 atom stereocenters. The van der Waals surface area contributed by atoms with Crippen LogP contribution in [-0.2, 0) is 0 Å². The summed E-state index contributed by atoms with van der Waals surface area (Å²) in [6, 6.07) is 13.8. The maximum Gasteiger partial charge on any atom is 0.124 e. The largest absolute Gasteiger partial charge is 0.494 e. The summed E-state index contributed by atoms with van der Waals surface area (Å²) in [7, 11) is 0. The van der Waals surface area contributed by atoms with Crippen molar-refractivity contribution in [3.05, 3.63) is 42.0 Å². The number of benzene rings is 2. The lowest BCUT2D eigenvalue weighted by Crippen LogP contribution is -2.12. The Bertz CT molecular complexity index is 587. The summed E-state index contributed by atoms with van der Waals surface area (Å²) in [5, 5.41) is 11.0. The van der Waals surface area contributed by atoms with Gasteiger partial charge >= 0.3 is 0 Å². The van der Waals surface area contributed by atoms with E-state index in [1.807, 2.05) is 43.3 Å². The first-order chi connectivity index (χ1) is 8.77. The monoisotopic (exact) mass is 240 g/mol. The number of fused-ring (bicyclic) bond motifs is 1. The van der Waals surface area contributed by atoms with Gasteiger partial charge < -0.3 is 10.5 Å². The minimum atomic E-state index is -0.317. The third-order valence-electron chi connectivity index (χ3n) is 2.91. The van der Waals surface area contributed by atoms with Crippen molar-refractivity contribution in [2.24, 2.45) is 5.73 Å². The van der Waals surface area contributed by atoms with Crippen molar-refractivity contribution < 1.29 is 4.74 Å². The van der Waals surface area contributed by atoms with Crippen molar-refractivity contribution in [2.45, 2.75) is 19.4 Å². The van der Waals surface area contributed by atoms with Crippen LogP contribution >= 0.6 is 0 Å². The molecule has 0 bridgehead atoms. The summed E-state index contributed by atoms with van der Waals surface area (Å²) in [4.78, 5) is 0. The predicted octanol–water partition coefficient (Wildman–Crippen LogP) is 3.15. The molecule has 0 radical (unpaired) electrons. The van der Waals surface area contributed by atoms with Crippen molar-refractivity contribution in [1.29, 1.82) is 5.26 Å². The standard InChI is InChI=1S/C15H16N2O/c1-2-18-14-8-7-11-5-3-4-6-12(11)15(14)13(17)9-10-16/h3-8,13H,2,9,17H2,1H3/t13-/m1/s1. The Hall–Kier alpha value is -2.05. The Labute approximate surface area is 107 Å². The molecule has 0 saturated heterocycles. The van der Waals surface area contributed by atoms with E-state index in [4.69, 9.17) is 15.7 Å². The lowest BCUT2D eigenvalue weighted by atomic mass is 9.96. The molecule has 0 aliphatic heterocycles. The van der Waals surface area contributed by atoms with Gasteiger partial charge in [-0.05, 0) is 23.8 Å². The highest BCUT2D eigenvalue weighted by molar-refractivity contribution is 5.88. The van der Waals surface area contributed by atoms with E-state index in [2.05, 4.69) is 6.07 Å². The molecule has 2 aromatic rings. The van der Waals surface area contributed by atoms with Crippen molar-refractivity contribution in [2.75, 3.05) is 6.61 Å². The van der Waals surface area contributed by atoms with E-state index >= 15 is 0 Å². The lowest BCUT2D eigenvalue weighted by Gasteiger charge is -2.17. The average molecular weight is 240 g/mol.